The van der Waals surface area contributed by atoms with E-state index in [0.717, 1.165) is 5.56 Å². The van der Waals surface area contributed by atoms with Gasteiger partial charge in [0.2, 0.25) is 11.8 Å². The quantitative estimate of drug-likeness (QED) is 0.209. The van der Waals surface area contributed by atoms with Crippen LogP contribution in [0.2, 0.25) is 0 Å². The van der Waals surface area contributed by atoms with Crippen LogP contribution in [0.25, 0.3) is 22.8 Å². The highest BCUT2D eigenvalue weighted by atomic mass is 19.1. The van der Waals surface area contributed by atoms with Crippen LogP contribution in [0.15, 0.2) is 94.0 Å². The highest BCUT2D eigenvalue weighted by Crippen LogP contribution is 2.32. The van der Waals surface area contributed by atoms with Gasteiger partial charge in [0.15, 0.2) is 0 Å². The van der Waals surface area contributed by atoms with Crippen LogP contribution in [0, 0.1) is 5.82 Å². The van der Waals surface area contributed by atoms with Crippen LogP contribution < -0.4 is 11.1 Å². The van der Waals surface area contributed by atoms with Crippen LogP contribution in [-0.4, -0.2) is 27.2 Å². The van der Waals surface area contributed by atoms with E-state index in [9.17, 15) is 19.1 Å². The number of furan rings is 1. The zero-order chi connectivity index (χ0) is 29.1. The number of carbonyl (C=O) groups is 2. The lowest BCUT2D eigenvalue weighted by atomic mass is 9.94. The Morgan fingerprint density at radius 2 is 1.73 bits per heavy atom. The van der Waals surface area contributed by atoms with Gasteiger partial charge in [0.1, 0.15) is 17.1 Å². The van der Waals surface area contributed by atoms with Crippen LogP contribution in [0.4, 0.5) is 4.39 Å². The number of nitrogens with one attached hydrogen (secondary N) is 1. The van der Waals surface area contributed by atoms with Gasteiger partial charge < -0.3 is 25.0 Å². The van der Waals surface area contributed by atoms with E-state index < -0.39 is 23.5 Å². The fourth-order valence-corrected chi connectivity index (χ4v) is 4.50. The molecule has 2 heterocycles. The number of aromatic carboxylic acids is 1. The SMILES string of the molecule is CC(NC(=O)c1cc(-c2nnc(C(C)(N)Cc3ccccc3)o2)cc(-c2occc2C(=O)O)c1)c1ccc(F)cc1. The van der Waals surface area contributed by atoms with Crippen molar-refractivity contribution in [3.8, 4) is 22.8 Å². The van der Waals surface area contributed by atoms with Crippen molar-refractivity contribution in [3.05, 3.63) is 119 Å². The van der Waals surface area contributed by atoms with Gasteiger partial charge in [-0.1, -0.05) is 42.5 Å². The molecule has 0 aliphatic rings. The van der Waals surface area contributed by atoms with Crippen LogP contribution in [0.3, 0.4) is 0 Å². The number of aromatic nitrogens is 2. The van der Waals surface area contributed by atoms with Crippen LogP contribution in [-0.2, 0) is 12.0 Å². The van der Waals surface area contributed by atoms with Crippen molar-refractivity contribution in [2.75, 3.05) is 0 Å². The molecule has 5 rings (SSSR count). The Kier molecular flexibility index (Phi) is 7.50. The predicted molar refractivity (Wildman–Crippen MR) is 148 cm³/mol. The largest absolute Gasteiger partial charge is 0.478 e. The van der Waals surface area contributed by atoms with Gasteiger partial charge in [0, 0.05) is 16.7 Å². The zero-order valence-electron chi connectivity index (χ0n) is 22.3. The number of benzene rings is 3. The Hall–Kier alpha value is -5.09. The molecule has 9 nitrogen and oxygen atoms in total. The first-order chi connectivity index (χ1) is 19.6. The van der Waals surface area contributed by atoms with Crippen molar-refractivity contribution in [3.63, 3.8) is 0 Å². The minimum Gasteiger partial charge on any atom is -0.478 e. The molecule has 0 aliphatic heterocycles. The van der Waals surface area contributed by atoms with E-state index in [1.807, 2.05) is 30.3 Å². The number of nitrogens with two attached hydrogens (primary N) is 1. The molecule has 10 heteroatoms. The van der Waals surface area contributed by atoms with Gasteiger partial charge in [0.25, 0.3) is 5.91 Å². The first kappa shape index (κ1) is 27.5. The monoisotopic (exact) mass is 554 g/mol. The average molecular weight is 555 g/mol. The molecule has 2 atom stereocenters. The van der Waals surface area contributed by atoms with E-state index in [1.165, 1.54) is 30.5 Å². The minimum absolute atomic E-state index is 0.0625. The lowest BCUT2D eigenvalue weighted by Crippen LogP contribution is -2.35. The lowest BCUT2D eigenvalue weighted by Gasteiger charge is -2.20. The molecular weight excluding hydrogens is 527 g/mol. The van der Waals surface area contributed by atoms with Crippen molar-refractivity contribution < 1.29 is 27.9 Å². The highest BCUT2D eigenvalue weighted by Gasteiger charge is 2.29. The van der Waals surface area contributed by atoms with Gasteiger partial charge in [0.05, 0.1) is 17.8 Å². The number of carbonyl (C=O) groups excluding carboxylic acids is 1. The summed E-state index contributed by atoms with van der Waals surface area (Å²) in [6, 6.07) is 21.0. The summed E-state index contributed by atoms with van der Waals surface area (Å²) < 4.78 is 24.9. The Morgan fingerprint density at radius 1 is 1.02 bits per heavy atom. The van der Waals surface area contributed by atoms with Crippen molar-refractivity contribution in [1.82, 2.24) is 15.5 Å². The molecule has 0 radical (unpaired) electrons. The third-order valence-electron chi connectivity index (χ3n) is 6.65. The second-order valence-electron chi connectivity index (χ2n) is 10.0. The lowest BCUT2D eigenvalue weighted by molar-refractivity contribution is 0.0697. The van der Waals surface area contributed by atoms with Gasteiger partial charge in [-0.05, 0) is 67.8 Å². The molecule has 3 aromatic carbocycles. The second-order valence-corrected chi connectivity index (χ2v) is 10.0. The second kappa shape index (κ2) is 11.2. The number of nitrogens with zero attached hydrogens (tertiary/aromatic N) is 2. The molecule has 0 saturated heterocycles. The zero-order valence-corrected chi connectivity index (χ0v) is 22.3. The summed E-state index contributed by atoms with van der Waals surface area (Å²) in [6.45, 7) is 3.55. The number of halogens is 1. The van der Waals surface area contributed by atoms with Gasteiger partial charge in [-0.3, -0.25) is 4.79 Å². The summed E-state index contributed by atoms with van der Waals surface area (Å²) in [5, 5.41) is 20.9. The molecule has 0 aliphatic carbocycles. The fourth-order valence-electron chi connectivity index (χ4n) is 4.50. The van der Waals surface area contributed by atoms with Crippen molar-refractivity contribution >= 4 is 11.9 Å². The summed E-state index contributed by atoms with van der Waals surface area (Å²) in [5.74, 6) is -1.67. The number of hydrogen-bond acceptors (Lipinski definition) is 7. The summed E-state index contributed by atoms with van der Waals surface area (Å²) >= 11 is 0. The minimum atomic E-state index is -1.19. The van der Waals surface area contributed by atoms with E-state index in [1.54, 1.807) is 38.1 Å². The van der Waals surface area contributed by atoms with Crippen molar-refractivity contribution in [2.24, 2.45) is 5.73 Å². The van der Waals surface area contributed by atoms with Gasteiger partial charge in [-0.15, -0.1) is 10.2 Å². The number of rotatable bonds is 9. The van der Waals surface area contributed by atoms with E-state index in [-0.39, 0.29) is 34.5 Å². The fraction of sp³-hybridized carbons (Fsp3) is 0.161. The van der Waals surface area contributed by atoms with Gasteiger partial charge in [-0.2, -0.15) is 0 Å². The third-order valence-corrected chi connectivity index (χ3v) is 6.65. The van der Waals surface area contributed by atoms with E-state index in [0.29, 0.717) is 23.1 Å². The standard InChI is InChI=1S/C31H27FN4O5/c1-18(20-8-10-24(32)11-9-20)34-27(37)22-14-21(26-25(29(38)39)12-13-40-26)15-23(16-22)28-35-36-30(41-28)31(2,33)17-19-6-4-3-5-7-19/h3-16,18H,17,33H2,1-2H3,(H,34,37)(H,38,39). The summed E-state index contributed by atoms with van der Waals surface area (Å²) in [5.41, 5.74) is 8.08. The maximum Gasteiger partial charge on any atom is 0.339 e. The van der Waals surface area contributed by atoms with Crippen LogP contribution in [0.5, 0.6) is 0 Å². The van der Waals surface area contributed by atoms with E-state index in [4.69, 9.17) is 14.6 Å². The van der Waals surface area contributed by atoms with Crippen molar-refractivity contribution in [2.45, 2.75) is 31.8 Å². The van der Waals surface area contributed by atoms with Crippen molar-refractivity contribution in [1.29, 1.82) is 0 Å². The summed E-state index contributed by atoms with van der Waals surface area (Å²) in [7, 11) is 0. The normalized spacial score (nSPS) is 13.4. The molecule has 2 unspecified atom stereocenters. The van der Waals surface area contributed by atoms with Crippen LogP contribution >= 0.6 is 0 Å². The summed E-state index contributed by atoms with van der Waals surface area (Å²) in [4.78, 5) is 25.2. The first-order valence-corrected chi connectivity index (χ1v) is 12.8. The predicted octanol–water partition coefficient (Wildman–Crippen LogP) is 5.74. The molecule has 4 N–H and O–H groups in total. The van der Waals surface area contributed by atoms with Crippen LogP contribution in [0.1, 0.15) is 57.6 Å². The smallest absolute Gasteiger partial charge is 0.339 e. The molecule has 208 valence electrons. The molecule has 1 amide bonds. The molecule has 2 aromatic heterocycles. The number of hydrogen-bond donors (Lipinski definition) is 3. The number of carboxylic acid groups (broad SMARTS) is 1. The number of carboxylic acids is 1. The molecule has 0 fully saturated rings. The Morgan fingerprint density at radius 3 is 2.44 bits per heavy atom. The average Bonchev–Trinajstić information content (AvgIpc) is 3.65. The molecule has 5 aromatic rings. The highest BCUT2D eigenvalue weighted by molar-refractivity contribution is 5.99. The molecule has 41 heavy (non-hydrogen) atoms. The Balaban J connectivity index is 1.51. The molecular formula is C31H27FN4O5. The molecule has 0 bridgehead atoms. The van der Waals surface area contributed by atoms with Gasteiger partial charge in [-0.25, -0.2) is 9.18 Å². The maximum atomic E-state index is 13.4. The molecule has 0 spiro atoms. The number of amides is 1. The topological polar surface area (TPSA) is 144 Å². The van der Waals surface area contributed by atoms with E-state index in [2.05, 4.69) is 15.5 Å². The van der Waals surface area contributed by atoms with E-state index >= 15 is 0 Å². The third kappa shape index (κ3) is 6.07. The molecule has 0 saturated carbocycles. The maximum absolute atomic E-state index is 13.4. The Labute approximate surface area is 234 Å². The summed E-state index contributed by atoms with van der Waals surface area (Å²) in [6.07, 6.45) is 1.70. The van der Waals surface area contributed by atoms with Gasteiger partial charge >= 0.3 is 5.97 Å². The first-order valence-electron chi connectivity index (χ1n) is 12.8. The Bertz CT molecular complexity index is 1690.